The molecule has 146 valence electrons. The summed E-state index contributed by atoms with van der Waals surface area (Å²) >= 11 is 1.56. The first-order valence-electron chi connectivity index (χ1n) is 9.48. The Morgan fingerprint density at radius 1 is 1.39 bits per heavy atom. The maximum atomic E-state index is 14.9. The van der Waals surface area contributed by atoms with E-state index in [-0.39, 0.29) is 11.7 Å². The van der Waals surface area contributed by atoms with Crippen LogP contribution in [0, 0.1) is 18.7 Å². The van der Waals surface area contributed by atoms with Crippen LogP contribution in [0.5, 0.6) is 0 Å². The predicted molar refractivity (Wildman–Crippen MR) is 111 cm³/mol. The minimum atomic E-state index is -0.651. The zero-order valence-corrected chi connectivity index (χ0v) is 16.6. The molecule has 0 spiro atoms. The molecule has 7 heteroatoms. The van der Waals surface area contributed by atoms with Gasteiger partial charge in [-0.25, -0.2) is 4.39 Å². The monoisotopic (exact) mass is 398 g/mol. The van der Waals surface area contributed by atoms with Crippen molar-refractivity contribution in [2.75, 3.05) is 11.1 Å². The van der Waals surface area contributed by atoms with Crippen LogP contribution in [-0.2, 0) is 5.54 Å². The van der Waals surface area contributed by atoms with E-state index in [1.165, 1.54) is 6.07 Å². The highest BCUT2D eigenvalue weighted by atomic mass is 32.2. The standard InChI is InChI=1S/C21H23FN4OS/c1-13-4-3-9-24-18(13)19(27)25-15-6-7-17(22)16(10-15)21-8-2-5-14(11-21)12-28-20(23)26-21/h3-4,6-7,9-10,14H,2,5,8,11-12H2,1H3,(H2,23,26)(H,25,27)/t14-,21-/m0/s1. The largest absolute Gasteiger partial charge is 0.379 e. The number of hydrogen-bond donors (Lipinski definition) is 2. The van der Waals surface area contributed by atoms with Crippen molar-refractivity contribution < 1.29 is 9.18 Å². The van der Waals surface area contributed by atoms with Crippen molar-refractivity contribution in [2.24, 2.45) is 16.6 Å². The number of aliphatic imine (C=N–C) groups is 1. The second kappa shape index (κ2) is 7.54. The number of amidine groups is 1. The summed E-state index contributed by atoms with van der Waals surface area (Å²) < 4.78 is 14.9. The Labute approximate surface area is 168 Å². The van der Waals surface area contributed by atoms with Crippen molar-refractivity contribution in [3.05, 3.63) is 59.2 Å². The maximum Gasteiger partial charge on any atom is 0.274 e. The van der Waals surface area contributed by atoms with Gasteiger partial charge < -0.3 is 11.1 Å². The van der Waals surface area contributed by atoms with Crippen LogP contribution >= 0.6 is 11.8 Å². The third-order valence-electron chi connectivity index (χ3n) is 5.57. The van der Waals surface area contributed by atoms with Gasteiger partial charge in [0.25, 0.3) is 5.91 Å². The first-order chi connectivity index (χ1) is 13.5. The normalized spacial score (nSPS) is 24.2. The van der Waals surface area contributed by atoms with Crippen LogP contribution in [0.4, 0.5) is 10.1 Å². The molecule has 3 N–H and O–H groups in total. The number of aromatic nitrogens is 1. The molecule has 1 amide bonds. The zero-order valence-electron chi connectivity index (χ0n) is 15.7. The van der Waals surface area contributed by atoms with Crippen LogP contribution < -0.4 is 11.1 Å². The van der Waals surface area contributed by atoms with E-state index >= 15 is 0 Å². The Balaban J connectivity index is 1.68. The van der Waals surface area contributed by atoms with Crippen molar-refractivity contribution in [3.63, 3.8) is 0 Å². The van der Waals surface area contributed by atoms with E-state index in [1.807, 2.05) is 13.0 Å². The number of carbonyl (C=O) groups excluding carboxylic acids is 1. The highest BCUT2D eigenvalue weighted by Crippen LogP contribution is 2.47. The second-order valence-corrected chi connectivity index (χ2v) is 8.61. The molecule has 2 bridgehead atoms. The van der Waals surface area contributed by atoms with Gasteiger partial charge in [-0.05, 0) is 61.9 Å². The Morgan fingerprint density at radius 3 is 3.07 bits per heavy atom. The summed E-state index contributed by atoms with van der Waals surface area (Å²) in [6, 6.07) is 8.30. The van der Waals surface area contributed by atoms with E-state index in [4.69, 9.17) is 10.7 Å². The van der Waals surface area contributed by atoms with E-state index in [0.717, 1.165) is 37.0 Å². The van der Waals surface area contributed by atoms with Gasteiger partial charge in [-0.1, -0.05) is 24.2 Å². The summed E-state index contributed by atoms with van der Waals surface area (Å²) in [4.78, 5) is 21.5. The summed E-state index contributed by atoms with van der Waals surface area (Å²) in [6.45, 7) is 1.83. The molecule has 2 aromatic rings. The Hall–Kier alpha value is -2.41. The van der Waals surface area contributed by atoms with E-state index in [1.54, 1.807) is 36.2 Å². The second-order valence-electron chi connectivity index (χ2n) is 7.57. The molecule has 2 atom stereocenters. The smallest absolute Gasteiger partial charge is 0.274 e. The molecule has 2 heterocycles. The van der Waals surface area contributed by atoms with Crippen LogP contribution in [0.15, 0.2) is 41.5 Å². The van der Waals surface area contributed by atoms with Gasteiger partial charge >= 0.3 is 0 Å². The molecule has 0 unspecified atom stereocenters. The third kappa shape index (κ3) is 3.63. The van der Waals surface area contributed by atoms with Gasteiger partial charge in [-0.2, -0.15) is 0 Å². The molecule has 0 saturated heterocycles. The highest BCUT2D eigenvalue weighted by molar-refractivity contribution is 8.13. The molecule has 5 nitrogen and oxygen atoms in total. The lowest BCUT2D eigenvalue weighted by Crippen LogP contribution is -2.33. The quantitative estimate of drug-likeness (QED) is 0.811. The first-order valence-corrected chi connectivity index (χ1v) is 10.5. The molecule has 1 aromatic carbocycles. The summed E-state index contributed by atoms with van der Waals surface area (Å²) in [5, 5.41) is 3.37. The van der Waals surface area contributed by atoms with Crippen LogP contribution in [-0.4, -0.2) is 21.8 Å². The van der Waals surface area contributed by atoms with Gasteiger partial charge in [0.15, 0.2) is 5.17 Å². The lowest BCUT2D eigenvalue weighted by Gasteiger charge is -2.37. The number of benzene rings is 1. The molecular formula is C21H23FN4OS. The fraction of sp³-hybridized carbons (Fsp3) is 0.381. The minimum Gasteiger partial charge on any atom is -0.379 e. The minimum absolute atomic E-state index is 0.309. The van der Waals surface area contributed by atoms with Gasteiger partial charge in [0.2, 0.25) is 0 Å². The molecule has 4 rings (SSSR count). The zero-order chi connectivity index (χ0) is 19.7. The average molecular weight is 399 g/mol. The molecule has 1 fully saturated rings. The van der Waals surface area contributed by atoms with Gasteiger partial charge in [0.05, 0.1) is 5.54 Å². The number of nitrogens with zero attached hydrogens (tertiary/aromatic N) is 2. The SMILES string of the molecule is Cc1cccnc1C(=O)Nc1ccc(F)c([C@@]23CCC[C@H](CSC(N)=N2)C3)c1. The van der Waals surface area contributed by atoms with Gasteiger partial charge in [-0.15, -0.1) is 0 Å². The van der Waals surface area contributed by atoms with Gasteiger partial charge in [-0.3, -0.25) is 14.8 Å². The Kier molecular flexibility index (Phi) is 5.10. The van der Waals surface area contributed by atoms with Crippen molar-refractivity contribution in [1.82, 2.24) is 4.98 Å². The lowest BCUT2D eigenvalue weighted by molar-refractivity contribution is 0.102. The van der Waals surface area contributed by atoms with E-state index < -0.39 is 5.54 Å². The van der Waals surface area contributed by atoms with Gasteiger partial charge in [0.1, 0.15) is 11.5 Å². The summed E-state index contributed by atoms with van der Waals surface area (Å²) in [6.07, 6.45) is 5.24. The van der Waals surface area contributed by atoms with Crippen molar-refractivity contribution in [2.45, 2.75) is 38.1 Å². The molecule has 2 aliphatic rings. The number of nitrogens with one attached hydrogen (secondary N) is 1. The number of anilines is 1. The van der Waals surface area contributed by atoms with Crippen LogP contribution in [0.3, 0.4) is 0 Å². The molecule has 0 radical (unpaired) electrons. The van der Waals surface area contributed by atoms with E-state index in [0.29, 0.717) is 28.0 Å². The van der Waals surface area contributed by atoms with E-state index in [2.05, 4.69) is 10.3 Å². The average Bonchev–Trinajstić information content (AvgIpc) is 2.79. The lowest BCUT2D eigenvalue weighted by atomic mass is 9.72. The number of carbonyl (C=O) groups is 1. The van der Waals surface area contributed by atoms with Crippen LogP contribution in [0.2, 0.25) is 0 Å². The predicted octanol–water partition coefficient (Wildman–Crippen LogP) is 4.23. The Morgan fingerprint density at radius 2 is 2.25 bits per heavy atom. The number of fused-ring (bicyclic) bond motifs is 2. The molecular weight excluding hydrogens is 375 g/mol. The number of pyridine rings is 1. The van der Waals surface area contributed by atoms with Crippen LogP contribution in [0.25, 0.3) is 0 Å². The Bertz CT molecular complexity index is 948. The van der Waals surface area contributed by atoms with Crippen LogP contribution in [0.1, 0.15) is 47.3 Å². The topological polar surface area (TPSA) is 80.4 Å². The number of hydrogen-bond acceptors (Lipinski definition) is 5. The third-order valence-corrected chi connectivity index (χ3v) is 6.60. The number of amides is 1. The number of halogens is 1. The molecule has 1 aromatic heterocycles. The molecule has 28 heavy (non-hydrogen) atoms. The summed E-state index contributed by atoms with van der Waals surface area (Å²) in [5.41, 5.74) is 7.63. The molecule has 1 aliphatic carbocycles. The van der Waals surface area contributed by atoms with Gasteiger partial charge in [0, 0.05) is 23.2 Å². The van der Waals surface area contributed by atoms with Crippen molar-refractivity contribution in [3.8, 4) is 0 Å². The van der Waals surface area contributed by atoms with Crippen molar-refractivity contribution >= 4 is 28.5 Å². The molecule has 1 saturated carbocycles. The maximum absolute atomic E-state index is 14.9. The van der Waals surface area contributed by atoms with E-state index in [9.17, 15) is 9.18 Å². The van der Waals surface area contributed by atoms with Crippen molar-refractivity contribution in [1.29, 1.82) is 0 Å². The fourth-order valence-corrected chi connectivity index (χ4v) is 5.16. The fourth-order valence-electron chi connectivity index (χ4n) is 4.23. The number of aryl methyl sites for hydroxylation is 1. The summed E-state index contributed by atoms with van der Waals surface area (Å²) in [7, 11) is 0. The number of rotatable bonds is 3. The first kappa shape index (κ1) is 18.9. The highest BCUT2D eigenvalue weighted by Gasteiger charge is 2.41. The number of thioether (sulfide) groups is 1. The molecule has 1 aliphatic heterocycles. The summed E-state index contributed by atoms with van der Waals surface area (Å²) in [5.74, 6) is 0.774. The number of nitrogens with two attached hydrogens (primary N) is 1.